The predicted octanol–water partition coefficient (Wildman–Crippen LogP) is 5.02. The molecule has 4 aliphatic heterocycles. The van der Waals surface area contributed by atoms with Gasteiger partial charge in [-0.05, 0) is 92.5 Å². The second-order valence-electron chi connectivity index (χ2n) is 16.9. The van der Waals surface area contributed by atoms with Crippen LogP contribution in [0.1, 0.15) is 98.2 Å². The van der Waals surface area contributed by atoms with Gasteiger partial charge in [0.2, 0.25) is 23.6 Å². The van der Waals surface area contributed by atoms with Crippen molar-refractivity contribution in [2.45, 2.75) is 89.6 Å². The quantitative estimate of drug-likeness (QED) is 0.0468. The van der Waals surface area contributed by atoms with Crippen LogP contribution in [0.3, 0.4) is 0 Å². The van der Waals surface area contributed by atoms with Crippen LogP contribution in [0, 0.1) is 10.8 Å². The number of imide groups is 1. The monoisotopic (exact) mass is 893 g/mol. The number of alkyl halides is 2. The summed E-state index contributed by atoms with van der Waals surface area (Å²) in [6.07, 6.45) is 6.84. The van der Waals surface area contributed by atoms with E-state index < -0.39 is 24.3 Å². The molecule has 344 valence electrons. The van der Waals surface area contributed by atoms with Crippen molar-refractivity contribution in [2.24, 2.45) is 0 Å². The molecule has 0 radical (unpaired) electrons. The Balaban J connectivity index is 0.930. The van der Waals surface area contributed by atoms with Gasteiger partial charge in [0.1, 0.15) is 11.9 Å². The van der Waals surface area contributed by atoms with Crippen LogP contribution < -0.4 is 31.5 Å². The molecular weight excluding hydrogens is 837 g/mol. The van der Waals surface area contributed by atoms with Gasteiger partial charge >= 0.3 is 0 Å². The SMILES string of the molecule is CN/C=C(\C=N)c1cc2c(cc1C(F)F)N(C(=N)C1=C(NC3CCN(C(=O)CCCCNc4ccc(C(=O)NC5CCC(=O)NC5=O)c5ncccc45)CC3)CCN(C(C)=O)C1)CCC2. The molecule has 2 aromatic carbocycles. The highest BCUT2D eigenvalue weighted by molar-refractivity contribution is 6.12. The highest BCUT2D eigenvalue weighted by Crippen LogP contribution is 2.38. The Hall–Kier alpha value is -6.72. The van der Waals surface area contributed by atoms with Crippen LogP contribution in [0.2, 0.25) is 0 Å². The maximum atomic E-state index is 14.5. The number of aryl methyl sites for hydroxylation is 1. The number of nitrogens with zero attached hydrogens (tertiary/aromatic N) is 4. The molecular formula is C47H57F2N11O5. The van der Waals surface area contributed by atoms with Crippen molar-refractivity contribution in [1.82, 2.24) is 36.1 Å². The highest BCUT2D eigenvalue weighted by Gasteiger charge is 2.33. The van der Waals surface area contributed by atoms with E-state index in [2.05, 4.69) is 31.6 Å². The van der Waals surface area contributed by atoms with E-state index in [-0.39, 0.29) is 60.1 Å². The van der Waals surface area contributed by atoms with E-state index in [4.69, 9.17) is 5.41 Å². The number of piperidine rings is 2. The predicted molar refractivity (Wildman–Crippen MR) is 245 cm³/mol. The van der Waals surface area contributed by atoms with E-state index in [0.29, 0.717) is 106 Å². The summed E-state index contributed by atoms with van der Waals surface area (Å²) in [5.41, 5.74) is 4.88. The van der Waals surface area contributed by atoms with Gasteiger partial charge in [0.05, 0.1) is 17.6 Å². The summed E-state index contributed by atoms with van der Waals surface area (Å²) < 4.78 is 29.1. The van der Waals surface area contributed by atoms with Gasteiger partial charge in [-0.3, -0.25) is 39.7 Å². The summed E-state index contributed by atoms with van der Waals surface area (Å²) in [6.45, 7) is 4.43. The van der Waals surface area contributed by atoms with Crippen LogP contribution in [0.4, 0.5) is 20.2 Å². The Kier molecular flexibility index (Phi) is 14.8. The molecule has 18 heteroatoms. The van der Waals surface area contributed by atoms with Crippen LogP contribution in [0.15, 0.2) is 60.1 Å². The minimum absolute atomic E-state index is 0.0456. The number of rotatable bonds is 15. The van der Waals surface area contributed by atoms with Gasteiger partial charge in [-0.2, -0.15) is 0 Å². The summed E-state index contributed by atoms with van der Waals surface area (Å²) >= 11 is 0. The number of fused-ring (bicyclic) bond motifs is 2. The van der Waals surface area contributed by atoms with Crippen LogP contribution in [-0.2, 0) is 25.6 Å². The third-order valence-electron chi connectivity index (χ3n) is 12.6. The van der Waals surface area contributed by atoms with Crippen molar-refractivity contribution in [3.63, 3.8) is 0 Å². The van der Waals surface area contributed by atoms with Crippen LogP contribution in [-0.4, -0.2) is 115 Å². The first-order valence-electron chi connectivity index (χ1n) is 22.3. The van der Waals surface area contributed by atoms with E-state index in [0.717, 1.165) is 35.0 Å². The molecule has 1 unspecified atom stereocenters. The molecule has 4 aliphatic rings. The Morgan fingerprint density at radius 3 is 2.51 bits per heavy atom. The fourth-order valence-electron chi connectivity index (χ4n) is 9.12. The minimum Gasteiger partial charge on any atom is -0.393 e. The molecule has 5 amide bonds. The number of amidine groups is 1. The lowest BCUT2D eigenvalue weighted by Crippen LogP contribution is -2.52. The van der Waals surface area contributed by atoms with Crippen molar-refractivity contribution in [3.8, 4) is 0 Å². The molecule has 7 rings (SSSR count). The maximum absolute atomic E-state index is 14.5. The lowest BCUT2D eigenvalue weighted by Gasteiger charge is -2.39. The number of halogens is 2. The lowest BCUT2D eigenvalue weighted by molar-refractivity contribution is -0.135. The highest BCUT2D eigenvalue weighted by atomic mass is 19.3. The number of pyridine rings is 1. The van der Waals surface area contributed by atoms with Gasteiger partial charge in [0.15, 0.2) is 0 Å². The number of unbranched alkanes of at least 4 members (excludes halogenated alkanes) is 1. The smallest absolute Gasteiger partial charge is 0.264 e. The molecule has 0 saturated carbocycles. The van der Waals surface area contributed by atoms with E-state index in [1.165, 1.54) is 19.2 Å². The number of aromatic nitrogens is 1. The van der Waals surface area contributed by atoms with Gasteiger partial charge in [-0.15, -0.1) is 0 Å². The zero-order valence-electron chi connectivity index (χ0n) is 36.8. The van der Waals surface area contributed by atoms with Crippen molar-refractivity contribution < 1.29 is 32.8 Å². The van der Waals surface area contributed by atoms with Gasteiger partial charge in [0, 0.05) is 130 Å². The number of anilines is 2. The summed E-state index contributed by atoms with van der Waals surface area (Å²) in [7, 11) is 1.65. The Bertz CT molecular complexity index is 2430. The van der Waals surface area contributed by atoms with Crippen LogP contribution in [0.25, 0.3) is 16.5 Å². The zero-order valence-corrected chi connectivity index (χ0v) is 36.8. The number of nitrogens with one attached hydrogen (secondary N) is 7. The van der Waals surface area contributed by atoms with E-state index >= 15 is 0 Å². The van der Waals surface area contributed by atoms with Gasteiger partial charge in [-0.25, -0.2) is 8.78 Å². The fraction of sp³-hybridized carbons (Fsp3) is 0.447. The number of likely N-dealkylation sites (tertiary alicyclic amines) is 1. The molecule has 0 aliphatic carbocycles. The summed E-state index contributed by atoms with van der Waals surface area (Å²) in [6, 6.07) is 9.52. The minimum atomic E-state index is -2.79. The third-order valence-corrected chi connectivity index (χ3v) is 12.6. The van der Waals surface area contributed by atoms with Crippen molar-refractivity contribution in [1.29, 1.82) is 10.8 Å². The molecule has 2 saturated heterocycles. The molecule has 1 atom stereocenters. The molecule has 5 heterocycles. The molecule has 65 heavy (non-hydrogen) atoms. The lowest BCUT2D eigenvalue weighted by atomic mass is 9.91. The largest absolute Gasteiger partial charge is 0.393 e. The standard InChI is InChI=1S/C47H57F2N11O5/c1-28(61)59-22-16-38(36(27-59)45(51)60-19-6-7-29-23-34(30(25-50)26-52-2)35(44(48)49)24-40(29)60)55-31-14-20-58(21-15-31)42(63)9-3-4-17-53-37-11-10-33(43-32(37)8-5-18-54-43)46(64)56-39-12-13-41(62)57-47(39)65/h5,8,10-11,18,23-26,31,39,44,50-53,55H,3-4,6-7,9,12-17,19-22,27H2,1-2H3,(H,56,64)(H,57,62,65)/b30-26+,50-25?,51-45?. The van der Waals surface area contributed by atoms with Gasteiger partial charge < -0.3 is 41.4 Å². The molecule has 3 aromatic rings. The van der Waals surface area contributed by atoms with Crippen molar-refractivity contribution in [2.75, 3.05) is 56.5 Å². The second-order valence-corrected chi connectivity index (χ2v) is 16.9. The summed E-state index contributed by atoms with van der Waals surface area (Å²) in [5, 5.41) is 33.0. The number of carbonyl (C=O) groups is 5. The maximum Gasteiger partial charge on any atom is 0.264 e. The average molecular weight is 894 g/mol. The normalized spacial score (nSPS) is 18.3. The first-order chi connectivity index (χ1) is 31.4. The number of benzene rings is 2. The summed E-state index contributed by atoms with van der Waals surface area (Å²) in [4.78, 5) is 72.6. The molecule has 0 spiro atoms. The van der Waals surface area contributed by atoms with Crippen molar-refractivity contribution >= 4 is 69.4 Å². The number of amides is 5. The van der Waals surface area contributed by atoms with Crippen molar-refractivity contribution in [3.05, 3.63) is 82.3 Å². The average Bonchev–Trinajstić information content (AvgIpc) is 3.30. The third kappa shape index (κ3) is 10.6. The number of hydrogen-bond donors (Lipinski definition) is 7. The zero-order chi connectivity index (χ0) is 46.2. The van der Waals surface area contributed by atoms with Gasteiger partial charge in [0.25, 0.3) is 12.3 Å². The topological polar surface area (TPSA) is 216 Å². The van der Waals surface area contributed by atoms with Gasteiger partial charge in [-0.1, -0.05) is 0 Å². The number of hydrogen-bond acceptors (Lipinski definition) is 11. The molecule has 7 N–H and O–H groups in total. The first-order valence-corrected chi connectivity index (χ1v) is 22.3. The Morgan fingerprint density at radius 1 is 0.985 bits per heavy atom. The van der Waals surface area contributed by atoms with Crippen LogP contribution in [0.5, 0.6) is 0 Å². The summed E-state index contributed by atoms with van der Waals surface area (Å²) in [5.74, 6) is -1.18. The molecule has 2 fully saturated rings. The first kappa shape index (κ1) is 46.3. The van der Waals surface area contributed by atoms with Crippen LogP contribution >= 0.6 is 0 Å². The molecule has 1 aromatic heterocycles. The Morgan fingerprint density at radius 2 is 1.78 bits per heavy atom. The van der Waals surface area contributed by atoms with E-state index in [1.54, 1.807) is 47.3 Å². The molecule has 0 bridgehead atoms. The van der Waals surface area contributed by atoms with E-state index in [9.17, 15) is 38.2 Å². The Labute approximate surface area is 376 Å². The van der Waals surface area contributed by atoms with E-state index in [1.807, 2.05) is 11.0 Å². The number of allylic oxidation sites excluding steroid dienone is 1. The number of carbonyl (C=O) groups excluding carboxylic acids is 5. The fourth-order valence-corrected chi connectivity index (χ4v) is 9.12. The second kappa shape index (κ2) is 20.9. The molecule has 16 nitrogen and oxygen atoms in total.